The van der Waals surface area contributed by atoms with Crippen molar-refractivity contribution in [2.75, 3.05) is 27.3 Å². The molecule has 2 aromatic rings. The standard InChI is InChI=1S/C19H27N3O3.HI/c1-4-10-20-19(21-11-9-16-6-5-12-25-16)22-14-15-7-8-17(23-2)13-18(15)24-3;/h5-8,12-13H,4,9-11,14H2,1-3H3,(H2,20,21,22);1H. The van der Waals surface area contributed by atoms with Gasteiger partial charge in [0.1, 0.15) is 17.3 Å². The third kappa shape index (κ3) is 7.15. The Bertz CT molecular complexity index is 660. The Labute approximate surface area is 172 Å². The van der Waals surface area contributed by atoms with Crippen LogP contribution in [-0.2, 0) is 13.0 Å². The monoisotopic (exact) mass is 473 g/mol. The minimum absolute atomic E-state index is 0. The van der Waals surface area contributed by atoms with Gasteiger partial charge in [-0.15, -0.1) is 24.0 Å². The second-order valence-electron chi connectivity index (χ2n) is 5.53. The van der Waals surface area contributed by atoms with Crippen LogP contribution in [0.15, 0.2) is 46.0 Å². The number of halogens is 1. The highest BCUT2D eigenvalue weighted by atomic mass is 127. The van der Waals surface area contributed by atoms with Crippen molar-refractivity contribution < 1.29 is 13.9 Å². The number of nitrogens with one attached hydrogen (secondary N) is 2. The maximum absolute atomic E-state index is 5.43. The third-order valence-corrected chi connectivity index (χ3v) is 3.69. The van der Waals surface area contributed by atoms with E-state index in [1.165, 1.54) is 0 Å². The van der Waals surface area contributed by atoms with E-state index in [-0.39, 0.29) is 24.0 Å². The number of rotatable bonds is 9. The number of methoxy groups -OCH3 is 2. The average Bonchev–Trinajstić information content (AvgIpc) is 3.16. The van der Waals surface area contributed by atoms with Crippen molar-refractivity contribution >= 4 is 29.9 Å². The molecule has 0 atom stereocenters. The molecule has 1 heterocycles. The molecule has 0 radical (unpaired) electrons. The summed E-state index contributed by atoms with van der Waals surface area (Å²) in [6.07, 6.45) is 3.53. The molecule has 7 heteroatoms. The average molecular weight is 473 g/mol. The Morgan fingerprint density at radius 3 is 2.58 bits per heavy atom. The van der Waals surface area contributed by atoms with E-state index < -0.39 is 0 Å². The Morgan fingerprint density at radius 2 is 1.92 bits per heavy atom. The van der Waals surface area contributed by atoms with Gasteiger partial charge >= 0.3 is 0 Å². The van der Waals surface area contributed by atoms with Crippen LogP contribution in [0.25, 0.3) is 0 Å². The molecular weight excluding hydrogens is 445 g/mol. The molecule has 0 amide bonds. The van der Waals surface area contributed by atoms with E-state index in [2.05, 4.69) is 22.5 Å². The molecule has 2 rings (SSSR count). The first-order valence-electron chi connectivity index (χ1n) is 8.52. The highest BCUT2D eigenvalue weighted by Gasteiger charge is 2.06. The molecule has 26 heavy (non-hydrogen) atoms. The fourth-order valence-electron chi connectivity index (χ4n) is 2.32. The third-order valence-electron chi connectivity index (χ3n) is 3.69. The molecule has 6 nitrogen and oxygen atoms in total. The van der Waals surface area contributed by atoms with Crippen LogP contribution < -0.4 is 20.1 Å². The molecule has 0 aliphatic rings. The zero-order valence-corrected chi connectivity index (χ0v) is 17.9. The van der Waals surface area contributed by atoms with Gasteiger partial charge in [-0.3, -0.25) is 0 Å². The quantitative estimate of drug-likeness (QED) is 0.331. The number of benzene rings is 1. The minimum Gasteiger partial charge on any atom is -0.497 e. The zero-order chi connectivity index (χ0) is 17.9. The smallest absolute Gasteiger partial charge is 0.191 e. The normalized spacial score (nSPS) is 10.8. The molecule has 0 spiro atoms. The lowest BCUT2D eigenvalue weighted by atomic mass is 10.2. The summed E-state index contributed by atoms with van der Waals surface area (Å²) in [6.45, 7) is 4.27. The van der Waals surface area contributed by atoms with Crippen molar-refractivity contribution in [2.24, 2.45) is 4.99 Å². The van der Waals surface area contributed by atoms with Gasteiger partial charge in [-0.25, -0.2) is 4.99 Å². The van der Waals surface area contributed by atoms with E-state index in [9.17, 15) is 0 Å². The van der Waals surface area contributed by atoms with Crippen LogP contribution in [0.1, 0.15) is 24.7 Å². The Balaban J connectivity index is 0.00000338. The summed E-state index contributed by atoms with van der Waals surface area (Å²) >= 11 is 0. The highest BCUT2D eigenvalue weighted by Crippen LogP contribution is 2.25. The number of nitrogens with zero attached hydrogens (tertiary/aromatic N) is 1. The number of guanidine groups is 1. The van der Waals surface area contributed by atoms with Gasteiger partial charge in [0.2, 0.25) is 0 Å². The first-order valence-corrected chi connectivity index (χ1v) is 8.52. The van der Waals surface area contributed by atoms with E-state index >= 15 is 0 Å². The Kier molecular flexibility index (Phi) is 10.6. The zero-order valence-electron chi connectivity index (χ0n) is 15.6. The molecule has 0 bridgehead atoms. The second kappa shape index (κ2) is 12.5. The van der Waals surface area contributed by atoms with Gasteiger partial charge in [-0.1, -0.05) is 6.92 Å². The summed E-state index contributed by atoms with van der Waals surface area (Å²) in [4.78, 5) is 4.66. The highest BCUT2D eigenvalue weighted by molar-refractivity contribution is 14.0. The Morgan fingerprint density at radius 1 is 1.12 bits per heavy atom. The SMILES string of the molecule is CCCNC(=NCc1ccc(OC)cc1OC)NCCc1ccco1.I. The van der Waals surface area contributed by atoms with E-state index in [0.29, 0.717) is 6.54 Å². The molecule has 144 valence electrons. The first kappa shape index (κ1) is 22.1. The van der Waals surface area contributed by atoms with Gasteiger partial charge in [0, 0.05) is 31.1 Å². The largest absolute Gasteiger partial charge is 0.497 e. The predicted octanol–water partition coefficient (Wildman–Crippen LogP) is 3.60. The predicted molar refractivity (Wildman–Crippen MR) is 115 cm³/mol. The Hall–Kier alpha value is -1.90. The lowest BCUT2D eigenvalue weighted by Gasteiger charge is -2.13. The van der Waals surface area contributed by atoms with Crippen LogP contribution in [0.5, 0.6) is 11.5 Å². The molecule has 1 aromatic heterocycles. The molecule has 0 fully saturated rings. The van der Waals surface area contributed by atoms with Crippen LogP contribution in [0.4, 0.5) is 0 Å². The fraction of sp³-hybridized carbons (Fsp3) is 0.421. The van der Waals surface area contributed by atoms with E-state index in [0.717, 1.165) is 54.7 Å². The van der Waals surface area contributed by atoms with Gasteiger partial charge < -0.3 is 24.5 Å². The molecule has 2 N–H and O–H groups in total. The number of furan rings is 1. The van der Waals surface area contributed by atoms with E-state index in [4.69, 9.17) is 13.9 Å². The van der Waals surface area contributed by atoms with Crippen molar-refractivity contribution in [1.82, 2.24) is 10.6 Å². The lowest BCUT2D eigenvalue weighted by Crippen LogP contribution is -2.38. The maximum atomic E-state index is 5.43. The summed E-state index contributed by atoms with van der Waals surface area (Å²) < 4.78 is 16.0. The van der Waals surface area contributed by atoms with Crippen LogP contribution in [-0.4, -0.2) is 33.3 Å². The summed E-state index contributed by atoms with van der Waals surface area (Å²) in [7, 11) is 3.29. The summed E-state index contributed by atoms with van der Waals surface area (Å²) in [6, 6.07) is 9.63. The topological polar surface area (TPSA) is 68.0 Å². The summed E-state index contributed by atoms with van der Waals surface area (Å²) in [5, 5.41) is 6.66. The molecule has 0 aliphatic carbocycles. The molecule has 0 aliphatic heterocycles. The number of ether oxygens (including phenoxy) is 2. The number of aliphatic imine (C=N–C) groups is 1. The fourth-order valence-corrected chi connectivity index (χ4v) is 2.32. The van der Waals surface area contributed by atoms with E-state index in [1.807, 2.05) is 30.3 Å². The van der Waals surface area contributed by atoms with E-state index in [1.54, 1.807) is 20.5 Å². The molecule has 1 aromatic carbocycles. The maximum Gasteiger partial charge on any atom is 0.191 e. The molecule has 0 saturated heterocycles. The van der Waals surface area contributed by atoms with Crippen molar-refractivity contribution in [3.8, 4) is 11.5 Å². The van der Waals surface area contributed by atoms with Gasteiger partial charge in [0.15, 0.2) is 5.96 Å². The van der Waals surface area contributed by atoms with Crippen molar-refractivity contribution in [1.29, 1.82) is 0 Å². The second-order valence-corrected chi connectivity index (χ2v) is 5.53. The molecule has 0 saturated carbocycles. The van der Waals surface area contributed by atoms with Crippen LogP contribution in [0, 0.1) is 0 Å². The van der Waals surface area contributed by atoms with Crippen molar-refractivity contribution in [3.05, 3.63) is 47.9 Å². The van der Waals surface area contributed by atoms with Crippen LogP contribution in [0.3, 0.4) is 0 Å². The van der Waals surface area contributed by atoms with Crippen LogP contribution >= 0.6 is 24.0 Å². The van der Waals surface area contributed by atoms with Gasteiger partial charge in [0.25, 0.3) is 0 Å². The summed E-state index contributed by atoms with van der Waals surface area (Å²) in [5.41, 5.74) is 1.01. The minimum atomic E-state index is 0. The van der Waals surface area contributed by atoms with Gasteiger partial charge in [0.05, 0.1) is 27.0 Å². The first-order chi connectivity index (χ1) is 12.3. The lowest BCUT2D eigenvalue weighted by molar-refractivity contribution is 0.391. The number of hydrogen-bond acceptors (Lipinski definition) is 4. The van der Waals surface area contributed by atoms with Crippen molar-refractivity contribution in [3.63, 3.8) is 0 Å². The van der Waals surface area contributed by atoms with Gasteiger partial charge in [-0.05, 0) is 30.7 Å². The van der Waals surface area contributed by atoms with Gasteiger partial charge in [-0.2, -0.15) is 0 Å². The number of hydrogen-bond donors (Lipinski definition) is 2. The molecular formula is C19H28IN3O3. The van der Waals surface area contributed by atoms with Crippen molar-refractivity contribution in [2.45, 2.75) is 26.3 Å². The summed E-state index contributed by atoms with van der Waals surface area (Å²) in [5.74, 6) is 3.28. The molecule has 0 unspecified atom stereocenters. The van der Waals surface area contributed by atoms with Crippen LogP contribution in [0.2, 0.25) is 0 Å².